The van der Waals surface area contributed by atoms with Gasteiger partial charge in [-0.05, 0) is 18.8 Å². The van der Waals surface area contributed by atoms with Gasteiger partial charge in [-0.1, -0.05) is 0 Å². The summed E-state index contributed by atoms with van der Waals surface area (Å²) >= 11 is 0. The Morgan fingerprint density at radius 1 is 1.11 bits per heavy atom. The molecule has 1 atom stereocenters. The number of methoxy groups -OCH3 is 2. The number of rotatable bonds is 4. The van der Waals surface area contributed by atoms with Gasteiger partial charge >= 0.3 is 0 Å². The molecule has 0 aromatic heterocycles. The van der Waals surface area contributed by atoms with Crippen LogP contribution >= 0.6 is 0 Å². The Balaban J connectivity index is 1.79. The minimum absolute atomic E-state index is 0.644. The molecule has 1 aliphatic carbocycles. The van der Waals surface area contributed by atoms with Crippen LogP contribution in [0.4, 0.5) is 5.69 Å². The fourth-order valence-electron chi connectivity index (χ4n) is 2.80. The molecule has 0 amide bonds. The molecule has 4 nitrogen and oxygen atoms in total. The summed E-state index contributed by atoms with van der Waals surface area (Å²) in [5, 5.41) is 3.63. The predicted molar refractivity (Wildman–Crippen MR) is 76.3 cm³/mol. The van der Waals surface area contributed by atoms with Crippen molar-refractivity contribution in [2.75, 3.05) is 38.8 Å². The van der Waals surface area contributed by atoms with Gasteiger partial charge in [0, 0.05) is 49.6 Å². The summed E-state index contributed by atoms with van der Waals surface area (Å²) in [6, 6.07) is 6.76. The zero-order chi connectivity index (χ0) is 13.2. The monoisotopic (exact) mass is 262 g/mol. The molecular weight excluding hydrogens is 240 g/mol. The Morgan fingerprint density at radius 2 is 1.79 bits per heavy atom. The molecule has 1 heterocycles. The minimum Gasteiger partial charge on any atom is -0.497 e. The van der Waals surface area contributed by atoms with Crippen molar-refractivity contribution in [1.29, 1.82) is 0 Å². The Bertz CT molecular complexity index is 424. The number of ether oxygens (including phenoxy) is 2. The Kier molecular flexibility index (Phi) is 3.51. The molecule has 2 fully saturated rings. The van der Waals surface area contributed by atoms with Crippen LogP contribution in [0.5, 0.6) is 11.5 Å². The lowest BCUT2D eigenvalue weighted by Gasteiger charge is -2.35. The van der Waals surface area contributed by atoms with Crippen LogP contribution in [-0.4, -0.2) is 39.9 Å². The molecule has 19 heavy (non-hydrogen) atoms. The summed E-state index contributed by atoms with van der Waals surface area (Å²) in [6.07, 6.45) is 2.76. The van der Waals surface area contributed by atoms with Crippen LogP contribution in [0.25, 0.3) is 0 Å². The average molecular weight is 262 g/mol. The Hall–Kier alpha value is -1.42. The number of piperazine rings is 1. The molecule has 0 radical (unpaired) electrons. The first-order valence-electron chi connectivity index (χ1n) is 7.01. The van der Waals surface area contributed by atoms with Crippen molar-refractivity contribution < 1.29 is 9.47 Å². The second kappa shape index (κ2) is 5.29. The van der Waals surface area contributed by atoms with Gasteiger partial charge in [-0.25, -0.2) is 0 Å². The predicted octanol–water partition coefficient (Wildman–Crippen LogP) is 1.89. The summed E-state index contributed by atoms with van der Waals surface area (Å²) in [5.74, 6) is 2.60. The van der Waals surface area contributed by atoms with E-state index in [4.69, 9.17) is 9.47 Å². The highest BCUT2D eigenvalue weighted by Crippen LogP contribution is 2.35. The topological polar surface area (TPSA) is 33.7 Å². The molecule has 0 bridgehead atoms. The third kappa shape index (κ3) is 2.78. The Morgan fingerprint density at radius 3 is 2.37 bits per heavy atom. The molecule has 1 N–H and O–H groups in total. The van der Waals surface area contributed by atoms with Crippen LogP contribution in [0.3, 0.4) is 0 Å². The standard InChI is InChI=1S/C15H22N2O2/c1-18-13-7-12(8-14(9-13)19-2)17-6-5-16-15(10-17)11-3-4-11/h7-9,11,15-16H,3-6,10H2,1-2H3. The van der Waals surface area contributed by atoms with Crippen LogP contribution in [0.2, 0.25) is 0 Å². The van der Waals surface area contributed by atoms with E-state index in [1.807, 2.05) is 6.07 Å². The number of nitrogens with zero attached hydrogens (tertiary/aromatic N) is 1. The number of benzene rings is 1. The highest BCUT2D eigenvalue weighted by atomic mass is 16.5. The largest absolute Gasteiger partial charge is 0.497 e. The quantitative estimate of drug-likeness (QED) is 0.898. The van der Waals surface area contributed by atoms with Crippen molar-refractivity contribution >= 4 is 5.69 Å². The molecular formula is C15H22N2O2. The molecule has 1 saturated heterocycles. The second-order valence-corrected chi connectivity index (χ2v) is 5.41. The molecule has 1 aromatic rings. The van der Waals surface area contributed by atoms with E-state index in [9.17, 15) is 0 Å². The first kappa shape index (κ1) is 12.6. The van der Waals surface area contributed by atoms with Crippen LogP contribution in [0.15, 0.2) is 18.2 Å². The molecule has 3 rings (SSSR count). The van der Waals surface area contributed by atoms with E-state index >= 15 is 0 Å². The summed E-state index contributed by atoms with van der Waals surface area (Å²) in [7, 11) is 3.40. The maximum absolute atomic E-state index is 5.35. The molecule has 104 valence electrons. The maximum Gasteiger partial charge on any atom is 0.124 e. The van der Waals surface area contributed by atoms with Crippen molar-refractivity contribution in [3.8, 4) is 11.5 Å². The van der Waals surface area contributed by atoms with Gasteiger partial charge in [-0.2, -0.15) is 0 Å². The van der Waals surface area contributed by atoms with Gasteiger partial charge in [0.1, 0.15) is 11.5 Å². The molecule has 1 aliphatic heterocycles. The van der Waals surface area contributed by atoms with Gasteiger partial charge in [0.25, 0.3) is 0 Å². The highest BCUT2D eigenvalue weighted by Gasteiger charge is 2.34. The van der Waals surface area contributed by atoms with Crippen LogP contribution < -0.4 is 19.7 Å². The highest BCUT2D eigenvalue weighted by molar-refractivity contribution is 5.56. The number of nitrogens with one attached hydrogen (secondary N) is 1. The van der Waals surface area contributed by atoms with Crippen LogP contribution in [-0.2, 0) is 0 Å². The van der Waals surface area contributed by atoms with E-state index in [2.05, 4.69) is 22.3 Å². The van der Waals surface area contributed by atoms with Crippen molar-refractivity contribution in [2.24, 2.45) is 5.92 Å². The van der Waals surface area contributed by atoms with Crippen molar-refractivity contribution in [3.63, 3.8) is 0 Å². The van der Waals surface area contributed by atoms with E-state index in [1.54, 1.807) is 14.2 Å². The van der Waals surface area contributed by atoms with Gasteiger partial charge < -0.3 is 19.7 Å². The number of hydrogen-bond donors (Lipinski definition) is 1. The zero-order valence-corrected chi connectivity index (χ0v) is 11.7. The molecule has 1 aromatic carbocycles. The molecule has 0 spiro atoms. The second-order valence-electron chi connectivity index (χ2n) is 5.41. The van der Waals surface area contributed by atoms with E-state index in [0.29, 0.717) is 6.04 Å². The van der Waals surface area contributed by atoms with Crippen LogP contribution in [0, 0.1) is 5.92 Å². The SMILES string of the molecule is COc1cc(OC)cc(N2CCNC(C3CC3)C2)c1. The fourth-order valence-corrected chi connectivity index (χ4v) is 2.80. The fraction of sp³-hybridized carbons (Fsp3) is 0.600. The van der Waals surface area contributed by atoms with Crippen molar-refractivity contribution in [1.82, 2.24) is 5.32 Å². The Labute approximate surface area is 114 Å². The first-order chi connectivity index (χ1) is 9.30. The number of anilines is 1. The molecule has 4 heteroatoms. The van der Waals surface area contributed by atoms with E-state index < -0.39 is 0 Å². The third-order valence-electron chi connectivity index (χ3n) is 4.10. The molecule has 2 aliphatic rings. The molecule has 1 unspecified atom stereocenters. The van der Waals surface area contributed by atoms with E-state index in [0.717, 1.165) is 37.1 Å². The van der Waals surface area contributed by atoms with Gasteiger partial charge in [-0.3, -0.25) is 0 Å². The lowest BCUT2D eigenvalue weighted by atomic mass is 10.1. The lowest BCUT2D eigenvalue weighted by molar-refractivity contribution is 0.392. The van der Waals surface area contributed by atoms with Crippen molar-refractivity contribution in [3.05, 3.63) is 18.2 Å². The van der Waals surface area contributed by atoms with Gasteiger partial charge in [0.15, 0.2) is 0 Å². The van der Waals surface area contributed by atoms with Gasteiger partial charge in [0.2, 0.25) is 0 Å². The average Bonchev–Trinajstić information content (AvgIpc) is 3.31. The number of hydrogen-bond acceptors (Lipinski definition) is 4. The van der Waals surface area contributed by atoms with Gasteiger partial charge in [0.05, 0.1) is 14.2 Å². The first-order valence-corrected chi connectivity index (χ1v) is 7.01. The normalized spacial score (nSPS) is 23.3. The molecule has 1 saturated carbocycles. The summed E-state index contributed by atoms with van der Waals surface area (Å²) in [6.45, 7) is 3.18. The lowest BCUT2D eigenvalue weighted by Crippen LogP contribution is -2.51. The maximum atomic E-state index is 5.35. The summed E-state index contributed by atoms with van der Waals surface area (Å²) < 4.78 is 10.7. The zero-order valence-electron chi connectivity index (χ0n) is 11.7. The smallest absolute Gasteiger partial charge is 0.124 e. The summed E-state index contributed by atoms with van der Waals surface area (Å²) in [4.78, 5) is 2.44. The van der Waals surface area contributed by atoms with Crippen molar-refractivity contribution in [2.45, 2.75) is 18.9 Å². The third-order valence-corrected chi connectivity index (χ3v) is 4.10. The minimum atomic E-state index is 0.644. The van der Waals surface area contributed by atoms with Gasteiger partial charge in [-0.15, -0.1) is 0 Å². The van der Waals surface area contributed by atoms with E-state index in [-0.39, 0.29) is 0 Å². The summed E-state index contributed by atoms with van der Waals surface area (Å²) in [5.41, 5.74) is 1.20. The van der Waals surface area contributed by atoms with Crippen LogP contribution in [0.1, 0.15) is 12.8 Å². The van der Waals surface area contributed by atoms with E-state index in [1.165, 1.54) is 18.5 Å².